The summed E-state index contributed by atoms with van der Waals surface area (Å²) in [5, 5.41) is 31.7. The molecule has 0 spiro atoms. The molecule has 0 aliphatic carbocycles. The number of halogens is 1. The minimum Gasteiger partial charge on any atom is -0.507 e. The molecule has 1 fully saturated rings. The van der Waals surface area contributed by atoms with Gasteiger partial charge in [0, 0.05) is 19.1 Å². The molecule has 2 aromatic carbocycles. The lowest BCUT2D eigenvalue weighted by Crippen LogP contribution is -2.47. The van der Waals surface area contributed by atoms with Crippen LogP contribution in [0.3, 0.4) is 0 Å². The van der Waals surface area contributed by atoms with E-state index in [-0.39, 0.29) is 17.6 Å². The molecule has 4 N–H and O–H groups in total. The fourth-order valence-corrected chi connectivity index (χ4v) is 3.99. The number of aliphatic hydroxyl groups excluding tert-OH is 1. The molecule has 2 atom stereocenters. The highest BCUT2D eigenvalue weighted by Crippen LogP contribution is 2.35. The van der Waals surface area contributed by atoms with Gasteiger partial charge in [0.2, 0.25) is 0 Å². The predicted octanol–water partition coefficient (Wildman–Crippen LogP) is 3.06. The third-order valence-corrected chi connectivity index (χ3v) is 5.89. The van der Waals surface area contributed by atoms with E-state index in [2.05, 4.69) is 4.90 Å². The fourth-order valence-electron chi connectivity index (χ4n) is 3.99. The Kier molecular flexibility index (Phi) is 8.41. The summed E-state index contributed by atoms with van der Waals surface area (Å²) in [7, 11) is -3.67. The van der Waals surface area contributed by atoms with Crippen LogP contribution in [0.1, 0.15) is 48.1 Å². The van der Waals surface area contributed by atoms with Gasteiger partial charge < -0.3 is 15.3 Å². The highest BCUT2D eigenvalue weighted by molar-refractivity contribution is 7.85. The van der Waals surface area contributed by atoms with Gasteiger partial charge in [0.15, 0.2) is 0 Å². The van der Waals surface area contributed by atoms with Crippen LogP contribution in [0.4, 0.5) is 4.39 Å². The lowest BCUT2D eigenvalue weighted by molar-refractivity contribution is -0.0502. The number of aliphatic hydroxyl groups is 2. The standard InChI is InChI=1S/C22H28FNO3.CH4O3S/c1-14-12-17(13-15(2)20(14)25)21(26)16(3)24-10-8-22(27,9-11-24)18-4-6-19(23)7-5-18;1-5(2,3)4/h4-7,12-13,16,21,25-27H,8-11H2,1-3H3;1H3,(H,2,3,4). The minimum atomic E-state index is -3.67. The number of nitrogens with zero attached hydrogens (tertiary/aromatic N) is 1. The van der Waals surface area contributed by atoms with Crippen molar-refractivity contribution >= 4 is 10.1 Å². The number of aryl methyl sites for hydroxylation is 2. The SMILES string of the molecule is CS(=O)(=O)O.Cc1cc(C(O)C(C)N2CCC(O)(c3ccc(F)cc3)CC2)cc(C)c1O. The first kappa shape index (κ1) is 26.2. The van der Waals surface area contributed by atoms with Gasteiger partial charge in [0.25, 0.3) is 10.1 Å². The lowest BCUT2D eigenvalue weighted by atomic mass is 9.83. The monoisotopic (exact) mass is 469 g/mol. The lowest BCUT2D eigenvalue weighted by Gasteiger charge is -2.42. The van der Waals surface area contributed by atoms with Gasteiger partial charge in [-0.05, 0) is 80.1 Å². The van der Waals surface area contributed by atoms with Crippen LogP contribution in [0, 0.1) is 19.7 Å². The van der Waals surface area contributed by atoms with E-state index in [4.69, 9.17) is 4.55 Å². The Hall–Kier alpha value is -2.04. The molecule has 7 nitrogen and oxygen atoms in total. The van der Waals surface area contributed by atoms with Crippen molar-refractivity contribution in [1.29, 1.82) is 0 Å². The van der Waals surface area contributed by atoms with Crippen molar-refractivity contribution in [3.63, 3.8) is 0 Å². The molecule has 2 unspecified atom stereocenters. The summed E-state index contributed by atoms with van der Waals surface area (Å²) >= 11 is 0. The summed E-state index contributed by atoms with van der Waals surface area (Å²) in [4.78, 5) is 2.17. The van der Waals surface area contributed by atoms with Crippen molar-refractivity contribution in [2.45, 2.75) is 51.4 Å². The van der Waals surface area contributed by atoms with Crippen molar-refractivity contribution < 1.29 is 32.7 Å². The fraction of sp³-hybridized carbons (Fsp3) is 0.478. The number of hydrogen-bond acceptors (Lipinski definition) is 6. The number of phenols is 1. The Morgan fingerprint density at radius 2 is 1.50 bits per heavy atom. The smallest absolute Gasteiger partial charge is 0.261 e. The molecule has 32 heavy (non-hydrogen) atoms. The second-order valence-electron chi connectivity index (χ2n) is 8.50. The summed E-state index contributed by atoms with van der Waals surface area (Å²) in [5.41, 5.74) is 2.07. The molecule has 1 saturated heterocycles. The zero-order valence-corrected chi connectivity index (χ0v) is 19.6. The number of aromatic hydroxyl groups is 1. The van der Waals surface area contributed by atoms with Crippen LogP contribution in [0.15, 0.2) is 36.4 Å². The Morgan fingerprint density at radius 1 is 1.06 bits per heavy atom. The first-order valence-corrected chi connectivity index (χ1v) is 12.2. The number of hydrogen-bond donors (Lipinski definition) is 4. The van der Waals surface area contributed by atoms with E-state index in [1.54, 1.807) is 12.1 Å². The van der Waals surface area contributed by atoms with E-state index in [1.807, 2.05) is 32.9 Å². The molecule has 3 rings (SSSR count). The Balaban J connectivity index is 0.000000654. The van der Waals surface area contributed by atoms with Gasteiger partial charge in [-0.2, -0.15) is 8.42 Å². The molecule has 0 aromatic heterocycles. The van der Waals surface area contributed by atoms with Gasteiger partial charge in [0.05, 0.1) is 18.0 Å². The van der Waals surface area contributed by atoms with Crippen LogP contribution in [-0.4, -0.2) is 58.6 Å². The summed E-state index contributed by atoms with van der Waals surface area (Å²) in [6.45, 7) is 6.91. The number of benzene rings is 2. The summed E-state index contributed by atoms with van der Waals surface area (Å²) in [6, 6.07) is 9.57. The first-order valence-electron chi connectivity index (χ1n) is 10.3. The molecular formula is C23H32FNO6S. The average Bonchev–Trinajstić information content (AvgIpc) is 2.70. The number of likely N-dealkylation sites (tertiary alicyclic amines) is 1. The maximum Gasteiger partial charge on any atom is 0.261 e. The van der Waals surface area contributed by atoms with Crippen LogP contribution in [-0.2, 0) is 15.7 Å². The third-order valence-electron chi connectivity index (χ3n) is 5.89. The van der Waals surface area contributed by atoms with Gasteiger partial charge >= 0.3 is 0 Å². The van der Waals surface area contributed by atoms with E-state index in [0.717, 1.165) is 22.3 Å². The molecule has 0 radical (unpaired) electrons. The maximum absolute atomic E-state index is 13.1. The van der Waals surface area contributed by atoms with Crippen LogP contribution < -0.4 is 0 Å². The number of rotatable bonds is 4. The predicted molar refractivity (Wildman–Crippen MR) is 121 cm³/mol. The number of phenolic OH excluding ortho intramolecular Hbond substituents is 1. The van der Waals surface area contributed by atoms with Crippen LogP contribution in [0.5, 0.6) is 5.75 Å². The highest BCUT2D eigenvalue weighted by atomic mass is 32.2. The molecule has 0 saturated carbocycles. The molecule has 1 heterocycles. The molecule has 0 amide bonds. The topological polar surface area (TPSA) is 118 Å². The second-order valence-corrected chi connectivity index (χ2v) is 9.96. The van der Waals surface area contributed by atoms with Crippen molar-refractivity contribution in [1.82, 2.24) is 4.90 Å². The first-order chi connectivity index (χ1) is 14.7. The van der Waals surface area contributed by atoms with E-state index < -0.39 is 21.8 Å². The summed E-state index contributed by atoms with van der Waals surface area (Å²) in [6.07, 6.45) is 1.10. The van der Waals surface area contributed by atoms with Gasteiger partial charge in [0.1, 0.15) is 11.6 Å². The Labute approximate surface area is 188 Å². The Morgan fingerprint density at radius 3 is 1.94 bits per heavy atom. The van der Waals surface area contributed by atoms with E-state index in [0.29, 0.717) is 32.2 Å². The Bertz CT molecular complexity index is 986. The van der Waals surface area contributed by atoms with Gasteiger partial charge in [-0.25, -0.2) is 4.39 Å². The van der Waals surface area contributed by atoms with Crippen LogP contribution >= 0.6 is 0 Å². The summed E-state index contributed by atoms with van der Waals surface area (Å²) in [5.74, 6) is -0.0445. The average molecular weight is 470 g/mol. The van der Waals surface area contributed by atoms with Gasteiger partial charge in [-0.3, -0.25) is 9.45 Å². The van der Waals surface area contributed by atoms with Crippen molar-refractivity contribution in [2.75, 3.05) is 19.3 Å². The van der Waals surface area contributed by atoms with Crippen LogP contribution in [0.25, 0.3) is 0 Å². The molecule has 178 valence electrons. The zero-order valence-electron chi connectivity index (χ0n) is 18.8. The zero-order chi connectivity index (χ0) is 24.3. The summed E-state index contributed by atoms with van der Waals surface area (Å²) < 4.78 is 39.0. The van der Waals surface area contributed by atoms with Gasteiger partial charge in [-0.15, -0.1) is 0 Å². The minimum absolute atomic E-state index is 0.119. The quantitative estimate of drug-likeness (QED) is 0.508. The third kappa shape index (κ3) is 6.98. The van der Waals surface area contributed by atoms with Crippen molar-refractivity contribution in [3.05, 3.63) is 64.5 Å². The molecule has 1 aliphatic heterocycles. The maximum atomic E-state index is 13.1. The largest absolute Gasteiger partial charge is 0.507 e. The molecule has 9 heteroatoms. The van der Waals surface area contributed by atoms with Crippen LogP contribution in [0.2, 0.25) is 0 Å². The van der Waals surface area contributed by atoms with Crippen molar-refractivity contribution in [3.8, 4) is 5.75 Å². The molecule has 1 aliphatic rings. The van der Waals surface area contributed by atoms with E-state index >= 15 is 0 Å². The molecule has 0 bridgehead atoms. The van der Waals surface area contributed by atoms with Crippen molar-refractivity contribution in [2.24, 2.45) is 0 Å². The van der Waals surface area contributed by atoms with E-state index in [9.17, 15) is 28.1 Å². The van der Waals surface area contributed by atoms with Gasteiger partial charge in [-0.1, -0.05) is 12.1 Å². The number of piperidine rings is 1. The molecular weight excluding hydrogens is 437 g/mol. The highest BCUT2D eigenvalue weighted by Gasteiger charge is 2.36. The second kappa shape index (κ2) is 10.3. The normalized spacial score (nSPS) is 18.4. The molecule has 2 aromatic rings. The van der Waals surface area contributed by atoms with E-state index in [1.165, 1.54) is 12.1 Å².